The number of anilines is 1. The van der Waals surface area contributed by atoms with E-state index in [9.17, 15) is 35.9 Å². The van der Waals surface area contributed by atoms with Crippen molar-refractivity contribution in [2.24, 2.45) is 0 Å². The number of piperidine rings is 1. The topological polar surface area (TPSA) is 82.1 Å². The van der Waals surface area contributed by atoms with Gasteiger partial charge in [0.1, 0.15) is 17.7 Å². The van der Waals surface area contributed by atoms with Crippen molar-refractivity contribution in [1.29, 1.82) is 0 Å². The average molecular weight is 538 g/mol. The Morgan fingerprint density at radius 1 is 0.946 bits per heavy atom. The maximum absolute atomic E-state index is 13.7. The van der Waals surface area contributed by atoms with E-state index in [0.29, 0.717) is 43.9 Å². The first-order valence-corrected chi connectivity index (χ1v) is 12.0. The Bertz CT molecular complexity index is 976. The van der Waals surface area contributed by atoms with Crippen LogP contribution in [0.25, 0.3) is 0 Å². The van der Waals surface area contributed by atoms with Crippen molar-refractivity contribution < 1.29 is 40.7 Å². The molecule has 0 atom stereocenters. The second-order valence-corrected chi connectivity index (χ2v) is 9.67. The van der Waals surface area contributed by atoms with Crippen LogP contribution in [0.15, 0.2) is 12.5 Å². The van der Waals surface area contributed by atoms with E-state index in [1.54, 1.807) is 4.90 Å². The Hall–Kier alpha value is -2.84. The SMILES string of the molecule is CN1CCN(c2ncncc2C(=O)N2CCCC23CCN(C(=O)OC(C(F)(F)F)C(F)(F)F)CC3)CC1. The number of ether oxygens (including phenoxy) is 1. The third-order valence-corrected chi connectivity index (χ3v) is 7.33. The standard InChI is InChI=1S/C22H28F6N6O3/c1-31-9-11-32(12-10-31)16-15(13-29-14-30-16)17(35)34-6-2-3-20(34)4-7-33(8-5-20)19(36)37-18(21(23,24)25)22(26,27)28/h13-14,18H,2-12H2,1H3. The highest BCUT2D eigenvalue weighted by Gasteiger charge is 2.60. The maximum Gasteiger partial charge on any atom is 0.434 e. The van der Waals surface area contributed by atoms with Crippen LogP contribution >= 0.6 is 0 Å². The van der Waals surface area contributed by atoms with Crippen molar-refractivity contribution in [1.82, 2.24) is 24.7 Å². The van der Waals surface area contributed by atoms with Crippen LogP contribution in [0.3, 0.4) is 0 Å². The molecule has 3 fully saturated rings. The van der Waals surface area contributed by atoms with Crippen LogP contribution in [0.4, 0.5) is 37.0 Å². The largest absolute Gasteiger partial charge is 0.434 e. The summed E-state index contributed by atoms with van der Waals surface area (Å²) in [5, 5.41) is 0. The average Bonchev–Trinajstić information content (AvgIpc) is 3.24. The molecule has 0 saturated carbocycles. The molecule has 4 rings (SSSR count). The monoisotopic (exact) mass is 538 g/mol. The molecule has 1 aromatic heterocycles. The van der Waals surface area contributed by atoms with E-state index >= 15 is 0 Å². The van der Waals surface area contributed by atoms with Crippen LogP contribution < -0.4 is 4.90 Å². The highest BCUT2D eigenvalue weighted by atomic mass is 19.4. The first-order chi connectivity index (χ1) is 17.3. The number of hydrogen-bond acceptors (Lipinski definition) is 7. The number of hydrogen-bond donors (Lipinski definition) is 0. The molecular formula is C22H28F6N6O3. The molecule has 0 unspecified atom stereocenters. The number of amides is 2. The normalized spacial score (nSPS) is 21.1. The van der Waals surface area contributed by atoms with Crippen molar-refractivity contribution in [3.63, 3.8) is 0 Å². The van der Waals surface area contributed by atoms with Crippen molar-refractivity contribution in [3.05, 3.63) is 18.1 Å². The predicted octanol–water partition coefficient (Wildman–Crippen LogP) is 2.93. The molecule has 37 heavy (non-hydrogen) atoms. The molecule has 0 aliphatic carbocycles. The lowest BCUT2D eigenvalue weighted by atomic mass is 9.84. The highest BCUT2D eigenvalue weighted by molar-refractivity contribution is 5.99. The first kappa shape index (κ1) is 27.2. The van der Waals surface area contributed by atoms with E-state index in [1.807, 2.05) is 11.9 Å². The summed E-state index contributed by atoms with van der Waals surface area (Å²) < 4.78 is 80.6. The Labute approximate surface area is 209 Å². The van der Waals surface area contributed by atoms with Crippen molar-refractivity contribution >= 4 is 17.8 Å². The Morgan fingerprint density at radius 2 is 1.57 bits per heavy atom. The van der Waals surface area contributed by atoms with Crippen LogP contribution in [-0.4, -0.2) is 114 Å². The lowest BCUT2D eigenvalue weighted by Gasteiger charge is -2.45. The molecule has 206 valence electrons. The molecule has 4 heterocycles. The number of rotatable bonds is 3. The van der Waals surface area contributed by atoms with E-state index in [1.165, 1.54) is 12.5 Å². The van der Waals surface area contributed by atoms with Gasteiger partial charge in [-0.2, -0.15) is 26.3 Å². The van der Waals surface area contributed by atoms with Gasteiger partial charge in [-0.05, 0) is 32.7 Å². The van der Waals surface area contributed by atoms with Gasteiger partial charge in [0, 0.05) is 57.5 Å². The van der Waals surface area contributed by atoms with Gasteiger partial charge >= 0.3 is 18.4 Å². The number of alkyl halides is 6. The van der Waals surface area contributed by atoms with Crippen LogP contribution in [0, 0.1) is 0 Å². The summed E-state index contributed by atoms with van der Waals surface area (Å²) in [4.78, 5) is 41.0. The summed E-state index contributed by atoms with van der Waals surface area (Å²) in [7, 11) is 2.01. The second-order valence-electron chi connectivity index (χ2n) is 9.67. The van der Waals surface area contributed by atoms with Gasteiger partial charge in [0.25, 0.3) is 12.0 Å². The molecule has 3 aliphatic heterocycles. The van der Waals surface area contributed by atoms with E-state index in [-0.39, 0.29) is 31.8 Å². The smallest absolute Gasteiger partial charge is 0.426 e. The molecule has 0 radical (unpaired) electrons. The van der Waals surface area contributed by atoms with Crippen LogP contribution in [0.5, 0.6) is 0 Å². The van der Waals surface area contributed by atoms with E-state index in [4.69, 9.17) is 0 Å². The molecule has 3 saturated heterocycles. The summed E-state index contributed by atoms with van der Waals surface area (Å²) in [6, 6.07) is 0. The van der Waals surface area contributed by atoms with Gasteiger partial charge in [0.05, 0.1) is 0 Å². The third kappa shape index (κ3) is 5.70. The zero-order valence-corrected chi connectivity index (χ0v) is 20.2. The molecule has 2 amide bonds. The lowest BCUT2D eigenvalue weighted by Crippen LogP contribution is -2.56. The van der Waals surface area contributed by atoms with Gasteiger partial charge < -0.3 is 24.3 Å². The minimum atomic E-state index is -5.78. The van der Waals surface area contributed by atoms with Gasteiger partial charge in [0.15, 0.2) is 0 Å². The third-order valence-electron chi connectivity index (χ3n) is 7.33. The molecule has 1 aromatic rings. The number of halogens is 6. The molecular weight excluding hydrogens is 510 g/mol. The number of carbonyl (C=O) groups is 2. The summed E-state index contributed by atoms with van der Waals surface area (Å²) in [5.74, 6) is 0.249. The highest BCUT2D eigenvalue weighted by Crippen LogP contribution is 2.41. The number of likely N-dealkylation sites (N-methyl/N-ethyl adjacent to an activating group) is 1. The van der Waals surface area contributed by atoms with Crippen LogP contribution in [-0.2, 0) is 4.74 Å². The van der Waals surface area contributed by atoms with E-state index < -0.39 is 30.1 Å². The zero-order valence-electron chi connectivity index (χ0n) is 20.2. The molecule has 9 nitrogen and oxygen atoms in total. The van der Waals surface area contributed by atoms with Crippen molar-refractivity contribution in [2.45, 2.75) is 49.7 Å². The number of likely N-dealkylation sites (tertiary alicyclic amines) is 2. The zero-order chi connectivity index (χ0) is 27.0. The quantitative estimate of drug-likeness (QED) is 0.548. The van der Waals surface area contributed by atoms with Gasteiger partial charge in [0.2, 0.25) is 0 Å². The van der Waals surface area contributed by atoms with Crippen LogP contribution in [0.2, 0.25) is 0 Å². The van der Waals surface area contributed by atoms with Crippen molar-refractivity contribution in [2.75, 3.05) is 57.8 Å². The summed E-state index contributed by atoms with van der Waals surface area (Å²) in [5.41, 5.74) is -0.329. The van der Waals surface area contributed by atoms with E-state index in [0.717, 1.165) is 18.0 Å². The predicted molar refractivity (Wildman–Crippen MR) is 118 cm³/mol. The summed E-state index contributed by atoms with van der Waals surface area (Å²) in [6.45, 7) is 3.15. The molecule has 15 heteroatoms. The Morgan fingerprint density at radius 3 is 2.16 bits per heavy atom. The summed E-state index contributed by atoms with van der Waals surface area (Å²) >= 11 is 0. The molecule has 3 aliphatic rings. The first-order valence-electron chi connectivity index (χ1n) is 12.0. The minimum Gasteiger partial charge on any atom is -0.426 e. The fraction of sp³-hybridized carbons (Fsp3) is 0.727. The Kier molecular flexibility index (Phi) is 7.45. The van der Waals surface area contributed by atoms with Gasteiger partial charge in [-0.25, -0.2) is 14.8 Å². The molecule has 1 spiro atoms. The molecule has 0 bridgehead atoms. The second kappa shape index (κ2) is 10.1. The number of carbonyl (C=O) groups excluding carboxylic acids is 2. The van der Waals surface area contributed by atoms with E-state index in [2.05, 4.69) is 19.6 Å². The number of piperazine rings is 1. The number of aromatic nitrogens is 2. The Balaban J connectivity index is 1.45. The summed E-state index contributed by atoms with van der Waals surface area (Å²) in [6.07, 6.45) is -12.9. The van der Waals surface area contributed by atoms with Gasteiger partial charge in [-0.1, -0.05) is 0 Å². The molecule has 0 aromatic carbocycles. The maximum atomic E-state index is 13.7. The lowest BCUT2D eigenvalue weighted by molar-refractivity contribution is -0.308. The van der Waals surface area contributed by atoms with Crippen LogP contribution in [0.1, 0.15) is 36.0 Å². The molecule has 0 N–H and O–H groups in total. The number of nitrogens with zero attached hydrogens (tertiary/aromatic N) is 6. The minimum absolute atomic E-state index is 0.137. The van der Waals surface area contributed by atoms with Crippen molar-refractivity contribution in [3.8, 4) is 0 Å². The fourth-order valence-corrected chi connectivity index (χ4v) is 5.26. The van der Waals surface area contributed by atoms with Gasteiger partial charge in [-0.15, -0.1) is 0 Å². The fourth-order valence-electron chi connectivity index (χ4n) is 5.26. The van der Waals surface area contributed by atoms with Gasteiger partial charge in [-0.3, -0.25) is 4.79 Å².